The van der Waals surface area contributed by atoms with E-state index in [4.69, 9.17) is 10.5 Å². The van der Waals surface area contributed by atoms with Crippen molar-refractivity contribution in [2.45, 2.75) is 50.2 Å². The molecule has 2 nitrogen and oxygen atoms in total. The highest BCUT2D eigenvalue weighted by atomic mass is 16.5. The molecule has 1 aliphatic carbocycles. The lowest BCUT2D eigenvalue weighted by molar-refractivity contribution is -0.102. The zero-order valence-corrected chi connectivity index (χ0v) is 10.5. The Kier molecular flexibility index (Phi) is 2.72. The van der Waals surface area contributed by atoms with Crippen LogP contribution in [0.3, 0.4) is 0 Å². The molecule has 1 aliphatic heterocycles. The third-order valence-corrected chi connectivity index (χ3v) is 4.42. The number of hydrogen-bond donors (Lipinski definition) is 1. The predicted octanol–water partition coefficient (Wildman–Crippen LogP) is 2.92. The summed E-state index contributed by atoms with van der Waals surface area (Å²) in [6, 6.07) is 9.05. The third-order valence-electron chi connectivity index (χ3n) is 4.42. The van der Waals surface area contributed by atoms with Gasteiger partial charge in [-0.05, 0) is 42.7 Å². The summed E-state index contributed by atoms with van der Waals surface area (Å²) < 4.78 is 6.17. The SMILES string of the molecule is CC1CCC2(CC(N)CCO2)c2ccccc21. The molecule has 1 heterocycles. The first-order chi connectivity index (χ1) is 8.21. The van der Waals surface area contributed by atoms with E-state index in [0.717, 1.165) is 25.9 Å². The van der Waals surface area contributed by atoms with Crippen LogP contribution in [0.15, 0.2) is 24.3 Å². The molecule has 3 unspecified atom stereocenters. The second-order valence-electron chi connectivity index (χ2n) is 5.62. The van der Waals surface area contributed by atoms with Crippen LogP contribution < -0.4 is 5.73 Å². The second-order valence-corrected chi connectivity index (χ2v) is 5.62. The van der Waals surface area contributed by atoms with Crippen LogP contribution in [0.25, 0.3) is 0 Å². The lowest BCUT2D eigenvalue weighted by Crippen LogP contribution is -2.45. The maximum absolute atomic E-state index is 6.17. The van der Waals surface area contributed by atoms with Gasteiger partial charge in [-0.2, -0.15) is 0 Å². The molecule has 2 N–H and O–H groups in total. The Labute approximate surface area is 103 Å². The first-order valence-corrected chi connectivity index (χ1v) is 6.70. The quantitative estimate of drug-likeness (QED) is 0.745. The van der Waals surface area contributed by atoms with E-state index in [2.05, 4.69) is 31.2 Å². The molecule has 17 heavy (non-hydrogen) atoms. The van der Waals surface area contributed by atoms with Gasteiger partial charge in [-0.15, -0.1) is 0 Å². The van der Waals surface area contributed by atoms with Crippen molar-refractivity contribution in [3.63, 3.8) is 0 Å². The second kappa shape index (κ2) is 4.11. The van der Waals surface area contributed by atoms with E-state index in [9.17, 15) is 0 Å². The molecular formula is C15H21NO. The van der Waals surface area contributed by atoms with Crippen molar-refractivity contribution >= 4 is 0 Å². The topological polar surface area (TPSA) is 35.2 Å². The van der Waals surface area contributed by atoms with Crippen molar-refractivity contribution in [1.82, 2.24) is 0 Å². The summed E-state index contributed by atoms with van der Waals surface area (Å²) in [6.45, 7) is 3.12. The molecule has 1 spiro atoms. The number of benzene rings is 1. The molecule has 2 heteroatoms. The fraction of sp³-hybridized carbons (Fsp3) is 0.600. The maximum Gasteiger partial charge on any atom is 0.0949 e. The molecule has 92 valence electrons. The molecule has 2 aliphatic rings. The number of hydrogen-bond acceptors (Lipinski definition) is 2. The van der Waals surface area contributed by atoms with Gasteiger partial charge in [-0.3, -0.25) is 0 Å². The minimum absolute atomic E-state index is 0.0826. The monoisotopic (exact) mass is 231 g/mol. The van der Waals surface area contributed by atoms with Gasteiger partial charge in [0.2, 0.25) is 0 Å². The van der Waals surface area contributed by atoms with Crippen molar-refractivity contribution in [1.29, 1.82) is 0 Å². The Morgan fingerprint density at radius 1 is 1.29 bits per heavy atom. The Hall–Kier alpha value is -0.860. The summed E-state index contributed by atoms with van der Waals surface area (Å²) >= 11 is 0. The van der Waals surface area contributed by atoms with Crippen molar-refractivity contribution in [3.05, 3.63) is 35.4 Å². The highest BCUT2D eigenvalue weighted by molar-refractivity contribution is 5.38. The number of fused-ring (bicyclic) bond motifs is 2. The van der Waals surface area contributed by atoms with Crippen LogP contribution in [0.5, 0.6) is 0 Å². The van der Waals surface area contributed by atoms with E-state index in [-0.39, 0.29) is 5.60 Å². The summed E-state index contributed by atoms with van der Waals surface area (Å²) in [5, 5.41) is 0. The largest absolute Gasteiger partial charge is 0.370 e. The molecule has 0 saturated carbocycles. The molecular weight excluding hydrogens is 210 g/mol. The van der Waals surface area contributed by atoms with E-state index < -0.39 is 0 Å². The fourth-order valence-electron chi connectivity index (χ4n) is 3.43. The predicted molar refractivity (Wildman–Crippen MR) is 68.9 cm³/mol. The standard InChI is InChI=1S/C15H21NO/c1-11-6-8-15(10-12(16)7-9-17-15)14-5-3-2-4-13(11)14/h2-5,11-12H,6-10,16H2,1H3. The summed E-state index contributed by atoms with van der Waals surface area (Å²) in [4.78, 5) is 0. The van der Waals surface area contributed by atoms with Crippen LogP contribution in [-0.4, -0.2) is 12.6 Å². The lowest BCUT2D eigenvalue weighted by atomic mass is 9.71. The average molecular weight is 231 g/mol. The number of ether oxygens (including phenoxy) is 1. The van der Waals surface area contributed by atoms with Crippen molar-refractivity contribution in [2.75, 3.05) is 6.61 Å². The molecule has 1 saturated heterocycles. The van der Waals surface area contributed by atoms with Crippen molar-refractivity contribution < 1.29 is 4.74 Å². The van der Waals surface area contributed by atoms with E-state index in [1.54, 1.807) is 0 Å². The van der Waals surface area contributed by atoms with E-state index >= 15 is 0 Å². The summed E-state index contributed by atoms with van der Waals surface area (Å²) in [7, 11) is 0. The van der Waals surface area contributed by atoms with Gasteiger partial charge in [-0.25, -0.2) is 0 Å². The smallest absolute Gasteiger partial charge is 0.0949 e. The molecule has 0 aromatic heterocycles. The van der Waals surface area contributed by atoms with Gasteiger partial charge in [0.25, 0.3) is 0 Å². The van der Waals surface area contributed by atoms with Crippen LogP contribution in [0.4, 0.5) is 0 Å². The fourth-order valence-corrected chi connectivity index (χ4v) is 3.43. The molecule has 1 aromatic rings. The van der Waals surface area contributed by atoms with Gasteiger partial charge in [-0.1, -0.05) is 31.2 Å². The molecule has 1 aromatic carbocycles. The first-order valence-electron chi connectivity index (χ1n) is 6.70. The molecule has 3 rings (SSSR count). The van der Waals surface area contributed by atoms with Crippen molar-refractivity contribution in [2.24, 2.45) is 5.73 Å². The van der Waals surface area contributed by atoms with E-state index in [1.807, 2.05) is 0 Å². The van der Waals surface area contributed by atoms with Crippen LogP contribution in [0, 0.1) is 0 Å². The summed E-state index contributed by atoms with van der Waals surface area (Å²) in [6.07, 6.45) is 4.32. The average Bonchev–Trinajstić information content (AvgIpc) is 2.35. The zero-order chi connectivity index (χ0) is 11.9. The van der Waals surface area contributed by atoms with Crippen LogP contribution >= 0.6 is 0 Å². The molecule has 1 fully saturated rings. The molecule has 0 bridgehead atoms. The van der Waals surface area contributed by atoms with Gasteiger partial charge in [0.15, 0.2) is 0 Å². The highest BCUT2D eigenvalue weighted by Gasteiger charge is 2.42. The summed E-state index contributed by atoms with van der Waals surface area (Å²) in [5.41, 5.74) is 8.93. The molecule has 3 atom stereocenters. The Balaban J connectivity index is 2.05. The number of rotatable bonds is 0. The highest BCUT2D eigenvalue weighted by Crippen LogP contribution is 2.47. The Morgan fingerprint density at radius 2 is 2.12 bits per heavy atom. The summed E-state index contributed by atoms with van der Waals surface area (Å²) in [5.74, 6) is 0.651. The Morgan fingerprint density at radius 3 is 2.94 bits per heavy atom. The molecule has 0 amide bonds. The minimum Gasteiger partial charge on any atom is -0.370 e. The van der Waals surface area contributed by atoms with E-state index in [0.29, 0.717) is 12.0 Å². The normalized spacial score (nSPS) is 36.8. The van der Waals surface area contributed by atoms with E-state index in [1.165, 1.54) is 17.5 Å². The van der Waals surface area contributed by atoms with Gasteiger partial charge >= 0.3 is 0 Å². The van der Waals surface area contributed by atoms with Crippen LogP contribution in [0.1, 0.15) is 49.7 Å². The zero-order valence-electron chi connectivity index (χ0n) is 10.5. The lowest BCUT2D eigenvalue weighted by Gasteiger charge is -2.45. The first kappa shape index (κ1) is 11.2. The van der Waals surface area contributed by atoms with Crippen LogP contribution in [-0.2, 0) is 10.3 Å². The number of nitrogens with two attached hydrogens (primary N) is 1. The minimum atomic E-state index is -0.0826. The van der Waals surface area contributed by atoms with Gasteiger partial charge in [0.05, 0.1) is 5.60 Å². The maximum atomic E-state index is 6.17. The molecule has 0 radical (unpaired) electrons. The van der Waals surface area contributed by atoms with Gasteiger partial charge in [0.1, 0.15) is 0 Å². The third kappa shape index (κ3) is 1.80. The van der Waals surface area contributed by atoms with Crippen molar-refractivity contribution in [3.8, 4) is 0 Å². The Bertz CT molecular complexity index is 417. The van der Waals surface area contributed by atoms with Gasteiger partial charge < -0.3 is 10.5 Å². The van der Waals surface area contributed by atoms with Gasteiger partial charge in [0, 0.05) is 12.6 Å². The van der Waals surface area contributed by atoms with Crippen LogP contribution in [0.2, 0.25) is 0 Å².